The Morgan fingerprint density at radius 1 is 1.37 bits per heavy atom. The third-order valence-corrected chi connectivity index (χ3v) is 2.14. The predicted octanol–water partition coefficient (Wildman–Crippen LogP) is 1.15. The fourth-order valence-electron chi connectivity index (χ4n) is 1.35. The van der Waals surface area contributed by atoms with Crippen LogP contribution in [-0.4, -0.2) is 30.8 Å². The van der Waals surface area contributed by atoms with Crippen molar-refractivity contribution in [1.29, 1.82) is 0 Å². The van der Waals surface area contributed by atoms with Gasteiger partial charge in [-0.15, -0.1) is 4.68 Å². The average molecular weight is 270 g/mol. The molecule has 0 saturated heterocycles. The smallest absolute Gasteiger partial charge is 0.478 e. The van der Waals surface area contributed by atoms with Gasteiger partial charge in [0.1, 0.15) is 0 Å². The Morgan fingerprint density at radius 3 is 2.37 bits per heavy atom. The van der Waals surface area contributed by atoms with Crippen molar-refractivity contribution in [1.82, 2.24) is 14.8 Å². The number of hydrogen-bond acceptors (Lipinski definition) is 5. The van der Waals surface area contributed by atoms with Crippen molar-refractivity contribution in [3.63, 3.8) is 0 Å². The van der Waals surface area contributed by atoms with E-state index in [4.69, 9.17) is 5.11 Å². The van der Waals surface area contributed by atoms with E-state index in [-0.39, 0.29) is 0 Å². The Bertz CT molecular complexity index is 662. The highest BCUT2D eigenvalue weighted by Gasteiger charge is 2.22. The lowest BCUT2D eigenvalue weighted by Crippen LogP contribution is -2.06. The van der Waals surface area contributed by atoms with Gasteiger partial charge in [0, 0.05) is 5.10 Å². The summed E-state index contributed by atoms with van der Waals surface area (Å²) in [5, 5.41) is 22.2. The predicted molar refractivity (Wildman–Crippen MR) is 54.9 cm³/mol. The quantitative estimate of drug-likeness (QED) is 0.661. The van der Waals surface area contributed by atoms with Gasteiger partial charge in [0.05, 0.1) is 5.56 Å². The summed E-state index contributed by atoms with van der Waals surface area (Å²) in [6.07, 6.45) is 0.750. The van der Waals surface area contributed by atoms with E-state index in [1.807, 2.05) is 0 Å². The Hall–Kier alpha value is -2.91. The third-order valence-electron chi connectivity index (χ3n) is 2.14. The molecule has 0 radical (unpaired) electrons. The molecule has 2 aromatic rings. The first-order valence-corrected chi connectivity index (χ1v) is 4.69. The summed E-state index contributed by atoms with van der Waals surface area (Å²) in [6, 6.07) is 1.16. The molecule has 0 saturated carbocycles. The average Bonchev–Trinajstić information content (AvgIpc) is 2.77. The highest BCUT2D eigenvalue weighted by molar-refractivity contribution is 5.87. The van der Waals surface area contributed by atoms with Gasteiger partial charge >= 0.3 is 11.9 Å². The zero-order valence-electron chi connectivity index (χ0n) is 8.95. The van der Waals surface area contributed by atoms with Crippen LogP contribution in [0.4, 0.5) is 14.7 Å². The van der Waals surface area contributed by atoms with Crippen molar-refractivity contribution in [2.45, 2.75) is 0 Å². The standard InChI is InChI=1S/C9H4F2N4O4/c10-5-1-4(8(16)17)2-6(11)7(5)14-3-12-9(13-14)15(18)19/h1-3H,(H,16,17). The van der Waals surface area contributed by atoms with Gasteiger partial charge in [-0.2, -0.15) is 0 Å². The van der Waals surface area contributed by atoms with E-state index in [0.29, 0.717) is 16.8 Å². The molecule has 10 heteroatoms. The van der Waals surface area contributed by atoms with Crippen molar-refractivity contribution in [3.05, 3.63) is 45.8 Å². The Kier molecular flexibility index (Phi) is 2.91. The molecular weight excluding hydrogens is 266 g/mol. The van der Waals surface area contributed by atoms with Gasteiger partial charge in [0.15, 0.2) is 17.3 Å². The first-order valence-electron chi connectivity index (χ1n) is 4.69. The van der Waals surface area contributed by atoms with Gasteiger partial charge in [0.2, 0.25) is 6.33 Å². The molecule has 0 aliphatic heterocycles. The van der Waals surface area contributed by atoms with Gasteiger partial charge in [-0.05, 0) is 17.1 Å². The number of benzene rings is 1. The summed E-state index contributed by atoms with van der Waals surface area (Å²) in [7, 11) is 0. The number of nitrogens with zero attached hydrogens (tertiary/aromatic N) is 4. The number of halogens is 2. The molecule has 0 bridgehead atoms. The number of nitro groups is 1. The van der Waals surface area contributed by atoms with Gasteiger partial charge in [-0.25, -0.2) is 13.6 Å². The summed E-state index contributed by atoms with van der Waals surface area (Å²) in [6.45, 7) is 0. The maximum Gasteiger partial charge on any atom is 0.491 e. The normalized spacial score (nSPS) is 10.4. The molecule has 0 unspecified atom stereocenters. The van der Waals surface area contributed by atoms with E-state index in [1.165, 1.54) is 0 Å². The van der Waals surface area contributed by atoms with Gasteiger partial charge in [-0.3, -0.25) is 0 Å². The fourth-order valence-corrected chi connectivity index (χ4v) is 1.35. The lowest BCUT2D eigenvalue weighted by Gasteiger charge is -2.02. The van der Waals surface area contributed by atoms with E-state index < -0.39 is 39.7 Å². The largest absolute Gasteiger partial charge is 0.491 e. The van der Waals surface area contributed by atoms with Crippen LogP contribution in [0.25, 0.3) is 5.69 Å². The highest BCUT2D eigenvalue weighted by Crippen LogP contribution is 2.20. The van der Waals surface area contributed by atoms with Crippen LogP contribution in [-0.2, 0) is 0 Å². The van der Waals surface area contributed by atoms with Crippen molar-refractivity contribution < 1.29 is 23.6 Å². The molecule has 1 N–H and O–H groups in total. The summed E-state index contributed by atoms with van der Waals surface area (Å²) < 4.78 is 27.7. The van der Waals surface area contributed by atoms with Crippen LogP contribution < -0.4 is 0 Å². The monoisotopic (exact) mass is 270 g/mol. The number of aromatic nitrogens is 3. The maximum absolute atomic E-state index is 13.6. The second kappa shape index (κ2) is 4.40. The van der Waals surface area contributed by atoms with Crippen molar-refractivity contribution in [2.24, 2.45) is 0 Å². The second-order valence-corrected chi connectivity index (χ2v) is 3.34. The molecule has 8 nitrogen and oxygen atoms in total. The van der Waals surface area contributed by atoms with E-state index >= 15 is 0 Å². The molecule has 0 amide bonds. The highest BCUT2D eigenvalue weighted by atomic mass is 19.1. The van der Waals surface area contributed by atoms with E-state index in [1.54, 1.807) is 0 Å². The number of rotatable bonds is 3. The minimum Gasteiger partial charge on any atom is -0.478 e. The van der Waals surface area contributed by atoms with Crippen LogP contribution in [0, 0.1) is 21.7 Å². The minimum atomic E-state index is -1.51. The van der Waals surface area contributed by atoms with Crippen LogP contribution in [0.3, 0.4) is 0 Å². The molecule has 98 valence electrons. The van der Waals surface area contributed by atoms with E-state index in [0.717, 1.165) is 6.33 Å². The van der Waals surface area contributed by atoms with Crippen LogP contribution in [0.15, 0.2) is 18.5 Å². The molecular formula is C9H4F2N4O4. The first kappa shape index (κ1) is 12.5. The molecule has 2 rings (SSSR count). The van der Waals surface area contributed by atoms with Crippen LogP contribution in [0.5, 0.6) is 0 Å². The molecule has 19 heavy (non-hydrogen) atoms. The first-order chi connectivity index (χ1) is 8.90. The number of carboxylic acids is 1. The second-order valence-electron chi connectivity index (χ2n) is 3.34. The van der Waals surface area contributed by atoms with E-state index in [9.17, 15) is 23.7 Å². The lowest BCUT2D eigenvalue weighted by molar-refractivity contribution is -0.394. The fraction of sp³-hybridized carbons (Fsp3) is 0. The minimum absolute atomic E-state index is 0.522. The van der Waals surface area contributed by atoms with Crippen LogP contribution in [0.1, 0.15) is 10.4 Å². The summed E-state index contributed by atoms with van der Waals surface area (Å²) >= 11 is 0. The number of carbonyl (C=O) groups is 1. The molecule has 0 atom stereocenters. The zero-order valence-corrected chi connectivity index (χ0v) is 8.95. The molecule has 0 aliphatic carbocycles. The van der Waals surface area contributed by atoms with Gasteiger partial charge < -0.3 is 15.2 Å². The Labute approximate surface area is 103 Å². The van der Waals surface area contributed by atoms with Crippen LogP contribution >= 0.6 is 0 Å². The number of hydrogen-bond donors (Lipinski definition) is 1. The lowest BCUT2D eigenvalue weighted by atomic mass is 10.2. The molecule has 1 heterocycles. The van der Waals surface area contributed by atoms with Crippen LogP contribution in [0.2, 0.25) is 0 Å². The molecule has 0 fully saturated rings. The molecule has 0 spiro atoms. The van der Waals surface area contributed by atoms with Gasteiger partial charge in [-0.1, -0.05) is 4.98 Å². The third kappa shape index (κ3) is 2.22. The Balaban J connectivity index is 2.55. The molecule has 1 aromatic carbocycles. The topological polar surface area (TPSA) is 111 Å². The van der Waals surface area contributed by atoms with Crippen molar-refractivity contribution >= 4 is 11.9 Å². The summed E-state index contributed by atoms with van der Waals surface area (Å²) in [5.74, 6) is -4.79. The van der Waals surface area contributed by atoms with E-state index in [2.05, 4.69) is 10.1 Å². The number of aromatic carboxylic acids is 1. The number of carboxylic acid groups (broad SMARTS) is 1. The Morgan fingerprint density at radius 2 is 1.95 bits per heavy atom. The van der Waals surface area contributed by atoms with Crippen molar-refractivity contribution in [3.8, 4) is 5.69 Å². The summed E-state index contributed by atoms with van der Waals surface area (Å²) in [5.41, 5.74) is -1.33. The molecule has 1 aromatic heterocycles. The summed E-state index contributed by atoms with van der Waals surface area (Å²) in [4.78, 5) is 23.3. The molecule has 0 aliphatic rings. The van der Waals surface area contributed by atoms with Crippen molar-refractivity contribution in [2.75, 3.05) is 0 Å². The zero-order chi connectivity index (χ0) is 14.2. The SMILES string of the molecule is O=C(O)c1cc(F)c(-n2cnc([N+](=O)[O-])n2)c(F)c1. The maximum atomic E-state index is 13.6. The van der Waals surface area contributed by atoms with Gasteiger partial charge in [0.25, 0.3) is 0 Å².